The Morgan fingerprint density at radius 2 is 1.88 bits per heavy atom. The van der Waals surface area contributed by atoms with E-state index in [1.54, 1.807) is 32.2 Å². The molecule has 1 N–H and O–H groups in total. The molecular weight excluding hydrogens is 343 g/mol. The fourth-order valence-corrected chi connectivity index (χ4v) is 2.71. The van der Waals surface area contributed by atoms with Gasteiger partial charge in [0.05, 0.1) is 12.7 Å². The number of carbonyl (C=O) groups excluding carboxylic acids is 1. The van der Waals surface area contributed by atoms with Gasteiger partial charge >= 0.3 is 6.18 Å². The molecule has 2 aromatic rings. The molecule has 0 aliphatic carbocycles. The molecule has 2 rings (SSSR count). The average Bonchev–Trinajstić information content (AvgIpc) is 2.58. The molecule has 0 unspecified atom stereocenters. The third-order valence-corrected chi connectivity index (χ3v) is 4.15. The molecule has 1 amide bonds. The molecule has 2 aromatic carbocycles. The van der Waals surface area contributed by atoms with E-state index >= 15 is 0 Å². The number of alkyl halides is 3. The molecule has 0 bridgehead atoms. The van der Waals surface area contributed by atoms with Crippen molar-refractivity contribution in [3.8, 4) is 5.75 Å². The normalized spacial score (nSPS) is 11.5. The largest absolute Gasteiger partial charge is 0.496 e. The molecule has 0 heterocycles. The Kier molecular flexibility index (Phi) is 5.95. The van der Waals surface area contributed by atoms with E-state index in [0.29, 0.717) is 16.9 Å². The Labute approximate surface area is 151 Å². The van der Waals surface area contributed by atoms with Crippen molar-refractivity contribution in [1.82, 2.24) is 5.32 Å². The van der Waals surface area contributed by atoms with Gasteiger partial charge < -0.3 is 10.1 Å². The van der Waals surface area contributed by atoms with Gasteiger partial charge in [-0.2, -0.15) is 13.2 Å². The van der Waals surface area contributed by atoms with Crippen molar-refractivity contribution in [2.45, 2.75) is 39.4 Å². The molecule has 0 spiro atoms. The highest BCUT2D eigenvalue weighted by atomic mass is 19.4. The summed E-state index contributed by atoms with van der Waals surface area (Å²) in [5, 5.41) is 2.69. The van der Waals surface area contributed by atoms with Crippen LogP contribution in [0.1, 0.15) is 52.4 Å². The van der Waals surface area contributed by atoms with Crippen LogP contribution in [0.3, 0.4) is 0 Å². The summed E-state index contributed by atoms with van der Waals surface area (Å²) in [6.45, 7) is 5.81. The van der Waals surface area contributed by atoms with Crippen LogP contribution in [0.15, 0.2) is 36.4 Å². The summed E-state index contributed by atoms with van der Waals surface area (Å²) in [4.78, 5) is 12.5. The number of amides is 1. The van der Waals surface area contributed by atoms with Crippen molar-refractivity contribution < 1.29 is 22.7 Å². The van der Waals surface area contributed by atoms with Gasteiger partial charge in [-0.15, -0.1) is 0 Å². The van der Waals surface area contributed by atoms with Crippen LogP contribution in [0.5, 0.6) is 5.75 Å². The summed E-state index contributed by atoms with van der Waals surface area (Å²) in [5.74, 6) is 0.553. The standard InChI is InChI=1S/C20H22F3NO2/c1-12(2)16-10-17(13(3)8-18(16)26-4)19(25)24-11-14-6-5-7-15(9-14)20(21,22)23/h5-10,12H,11H2,1-4H3,(H,24,25). The van der Waals surface area contributed by atoms with E-state index in [-0.39, 0.29) is 18.4 Å². The topological polar surface area (TPSA) is 38.3 Å². The number of nitrogens with one attached hydrogen (secondary N) is 1. The van der Waals surface area contributed by atoms with Gasteiger partial charge in [-0.1, -0.05) is 26.0 Å². The van der Waals surface area contributed by atoms with E-state index in [9.17, 15) is 18.0 Å². The molecule has 140 valence electrons. The minimum absolute atomic E-state index is 0.0191. The fraction of sp³-hybridized carbons (Fsp3) is 0.350. The number of ether oxygens (including phenoxy) is 1. The Hall–Kier alpha value is -2.50. The second kappa shape index (κ2) is 7.81. The highest BCUT2D eigenvalue weighted by Gasteiger charge is 2.30. The van der Waals surface area contributed by atoms with E-state index < -0.39 is 11.7 Å². The van der Waals surface area contributed by atoms with Gasteiger partial charge in [0, 0.05) is 12.1 Å². The predicted molar refractivity (Wildman–Crippen MR) is 94.4 cm³/mol. The number of carbonyl (C=O) groups is 1. The first-order chi connectivity index (χ1) is 12.1. The minimum atomic E-state index is -4.40. The molecule has 0 aliphatic rings. The SMILES string of the molecule is COc1cc(C)c(C(=O)NCc2cccc(C(F)(F)F)c2)cc1C(C)C. The zero-order chi connectivity index (χ0) is 19.5. The van der Waals surface area contributed by atoms with Crippen LogP contribution in [0.25, 0.3) is 0 Å². The Balaban J connectivity index is 2.19. The van der Waals surface area contributed by atoms with Crippen molar-refractivity contribution >= 4 is 5.91 Å². The molecule has 0 saturated heterocycles. The third-order valence-electron chi connectivity index (χ3n) is 4.15. The molecular formula is C20H22F3NO2. The number of methoxy groups -OCH3 is 1. The highest BCUT2D eigenvalue weighted by Crippen LogP contribution is 2.30. The lowest BCUT2D eigenvalue weighted by atomic mass is 9.96. The van der Waals surface area contributed by atoms with Crippen molar-refractivity contribution in [3.05, 3.63) is 64.2 Å². The lowest BCUT2D eigenvalue weighted by Gasteiger charge is -2.16. The number of halogens is 3. The fourth-order valence-electron chi connectivity index (χ4n) is 2.71. The molecule has 6 heteroatoms. The highest BCUT2D eigenvalue weighted by molar-refractivity contribution is 5.96. The van der Waals surface area contributed by atoms with Gasteiger partial charge in [-0.3, -0.25) is 4.79 Å². The molecule has 3 nitrogen and oxygen atoms in total. The number of hydrogen-bond acceptors (Lipinski definition) is 2. The van der Waals surface area contributed by atoms with Crippen molar-refractivity contribution in [2.75, 3.05) is 7.11 Å². The third kappa shape index (κ3) is 4.56. The maximum atomic E-state index is 12.8. The molecule has 0 atom stereocenters. The lowest BCUT2D eigenvalue weighted by molar-refractivity contribution is -0.137. The number of benzene rings is 2. The maximum absolute atomic E-state index is 12.8. The molecule has 26 heavy (non-hydrogen) atoms. The van der Waals surface area contributed by atoms with E-state index in [4.69, 9.17) is 4.74 Å². The second-order valence-corrected chi connectivity index (χ2v) is 6.44. The Morgan fingerprint density at radius 1 is 1.19 bits per heavy atom. The van der Waals surface area contributed by atoms with E-state index in [1.807, 2.05) is 13.8 Å². The van der Waals surface area contributed by atoms with Gasteiger partial charge in [0.15, 0.2) is 0 Å². The van der Waals surface area contributed by atoms with Gasteiger partial charge in [-0.05, 0) is 53.8 Å². The van der Waals surface area contributed by atoms with Crippen LogP contribution >= 0.6 is 0 Å². The molecule has 0 aliphatic heterocycles. The summed E-state index contributed by atoms with van der Waals surface area (Å²) < 4.78 is 43.7. The van der Waals surface area contributed by atoms with Gasteiger partial charge in [0.1, 0.15) is 5.75 Å². The van der Waals surface area contributed by atoms with Crippen LogP contribution in [-0.2, 0) is 12.7 Å². The molecule has 0 radical (unpaired) electrons. The van der Waals surface area contributed by atoms with Crippen LogP contribution in [0.2, 0.25) is 0 Å². The van der Waals surface area contributed by atoms with Crippen molar-refractivity contribution in [1.29, 1.82) is 0 Å². The molecule has 0 saturated carbocycles. The van der Waals surface area contributed by atoms with Crippen LogP contribution in [0.4, 0.5) is 13.2 Å². The summed E-state index contributed by atoms with van der Waals surface area (Å²) in [7, 11) is 1.58. The summed E-state index contributed by atoms with van der Waals surface area (Å²) >= 11 is 0. The zero-order valence-electron chi connectivity index (χ0n) is 15.2. The average molecular weight is 365 g/mol. The first-order valence-corrected chi connectivity index (χ1v) is 8.26. The number of hydrogen-bond donors (Lipinski definition) is 1. The lowest BCUT2D eigenvalue weighted by Crippen LogP contribution is -2.24. The summed E-state index contributed by atoms with van der Waals surface area (Å²) in [6, 6.07) is 8.51. The number of aryl methyl sites for hydroxylation is 1. The van der Waals surface area contributed by atoms with Gasteiger partial charge in [0.25, 0.3) is 5.91 Å². The van der Waals surface area contributed by atoms with Crippen LogP contribution < -0.4 is 10.1 Å². The van der Waals surface area contributed by atoms with Gasteiger partial charge in [-0.25, -0.2) is 0 Å². The zero-order valence-corrected chi connectivity index (χ0v) is 15.2. The first kappa shape index (κ1) is 19.8. The quantitative estimate of drug-likeness (QED) is 0.803. The van der Waals surface area contributed by atoms with E-state index in [0.717, 1.165) is 23.3 Å². The first-order valence-electron chi connectivity index (χ1n) is 8.26. The van der Waals surface area contributed by atoms with E-state index in [1.165, 1.54) is 6.07 Å². The minimum Gasteiger partial charge on any atom is -0.496 e. The predicted octanol–water partition coefficient (Wildman–Crippen LogP) is 5.08. The van der Waals surface area contributed by atoms with Gasteiger partial charge in [0.2, 0.25) is 0 Å². The summed E-state index contributed by atoms with van der Waals surface area (Å²) in [6.07, 6.45) is -4.40. The summed E-state index contributed by atoms with van der Waals surface area (Å²) in [5.41, 5.74) is 1.80. The Morgan fingerprint density at radius 3 is 2.46 bits per heavy atom. The maximum Gasteiger partial charge on any atom is 0.416 e. The Bertz CT molecular complexity index is 798. The molecule has 0 fully saturated rings. The van der Waals surface area contributed by atoms with Crippen LogP contribution in [-0.4, -0.2) is 13.0 Å². The van der Waals surface area contributed by atoms with Crippen molar-refractivity contribution in [2.24, 2.45) is 0 Å². The monoisotopic (exact) mass is 365 g/mol. The number of rotatable bonds is 5. The smallest absolute Gasteiger partial charge is 0.416 e. The second-order valence-electron chi connectivity index (χ2n) is 6.44. The van der Waals surface area contributed by atoms with Crippen LogP contribution in [0, 0.1) is 6.92 Å². The van der Waals surface area contributed by atoms with E-state index in [2.05, 4.69) is 5.32 Å². The van der Waals surface area contributed by atoms with Crippen molar-refractivity contribution in [3.63, 3.8) is 0 Å². The molecule has 0 aromatic heterocycles.